The van der Waals surface area contributed by atoms with Gasteiger partial charge in [0, 0.05) is 5.56 Å². The van der Waals surface area contributed by atoms with Crippen LogP contribution >= 0.6 is 0 Å². The van der Waals surface area contributed by atoms with Gasteiger partial charge in [-0.1, -0.05) is 12.1 Å². The zero-order valence-electron chi connectivity index (χ0n) is 11.6. The molecule has 0 radical (unpaired) electrons. The molecule has 0 aromatic heterocycles. The first-order valence-electron chi connectivity index (χ1n) is 6.50. The van der Waals surface area contributed by atoms with Crippen molar-refractivity contribution in [3.05, 3.63) is 65.2 Å². The number of carbonyl (C=O) groups is 1. The van der Waals surface area contributed by atoms with Crippen molar-refractivity contribution in [1.29, 1.82) is 0 Å². The second kappa shape index (κ2) is 7.51. The molecule has 0 fully saturated rings. The molecule has 2 rings (SSSR count). The average Bonchev–Trinajstić information content (AvgIpc) is 2.49. The summed E-state index contributed by atoms with van der Waals surface area (Å²) in [7, 11) is 0. The Balaban J connectivity index is 1.88. The normalized spacial score (nSPS) is 10.5. The summed E-state index contributed by atoms with van der Waals surface area (Å²) in [5.74, 6) is -1.59. The van der Waals surface area contributed by atoms with Gasteiger partial charge < -0.3 is 14.6 Å². The molecule has 0 aliphatic heterocycles. The first kappa shape index (κ1) is 15.9. The minimum absolute atomic E-state index is 0.0849. The van der Waals surface area contributed by atoms with E-state index < -0.39 is 17.6 Å². The number of carboxylic acid groups (broad SMARTS) is 1. The van der Waals surface area contributed by atoms with Crippen molar-refractivity contribution in [2.45, 2.75) is 13.2 Å². The quantitative estimate of drug-likeness (QED) is 0.853. The summed E-state index contributed by atoms with van der Waals surface area (Å²) in [4.78, 5) is 10.3. The summed E-state index contributed by atoms with van der Waals surface area (Å²) in [6.07, 6.45) is 0. The van der Waals surface area contributed by atoms with E-state index in [2.05, 4.69) is 0 Å². The number of hydrogen-bond donors (Lipinski definition) is 1. The second-order valence-electron chi connectivity index (χ2n) is 4.55. The van der Waals surface area contributed by atoms with Crippen molar-refractivity contribution < 1.29 is 28.2 Å². The molecule has 0 bridgehead atoms. The van der Waals surface area contributed by atoms with Crippen LogP contribution < -0.4 is 4.74 Å². The highest BCUT2D eigenvalue weighted by Gasteiger charge is 2.05. The zero-order chi connectivity index (χ0) is 15.9. The van der Waals surface area contributed by atoms with E-state index in [1.807, 2.05) is 0 Å². The van der Waals surface area contributed by atoms with E-state index in [0.29, 0.717) is 5.75 Å². The molecule has 4 nitrogen and oxygen atoms in total. The van der Waals surface area contributed by atoms with Crippen LogP contribution in [0.15, 0.2) is 42.5 Å². The Morgan fingerprint density at radius 2 is 1.77 bits per heavy atom. The fourth-order valence-corrected chi connectivity index (χ4v) is 1.75. The summed E-state index contributed by atoms with van der Waals surface area (Å²) in [6.45, 7) is -0.277. The van der Waals surface area contributed by atoms with E-state index in [4.69, 9.17) is 14.6 Å². The molecule has 0 atom stereocenters. The lowest BCUT2D eigenvalue weighted by molar-refractivity contribution is -0.142. The van der Waals surface area contributed by atoms with Crippen molar-refractivity contribution in [1.82, 2.24) is 0 Å². The topological polar surface area (TPSA) is 55.8 Å². The third-order valence-electron chi connectivity index (χ3n) is 2.82. The standard InChI is InChI=1S/C16H14F2O4/c17-13-3-6-15(18)12(7-13)9-22-14-4-1-11(2-5-14)8-21-10-16(19)20/h1-7H,8-10H2,(H,19,20). The molecule has 0 spiro atoms. The predicted molar refractivity (Wildman–Crippen MR) is 74.4 cm³/mol. The van der Waals surface area contributed by atoms with Gasteiger partial charge in [0.25, 0.3) is 0 Å². The van der Waals surface area contributed by atoms with Crippen LogP contribution in [0.2, 0.25) is 0 Å². The van der Waals surface area contributed by atoms with Gasteiger partial charge in [-0.25, -0.2) is 13.6 Å². The highest BCUT2D eigenvalue weighted by Crippen LogP contribution is 2.16. The molecule has 0 unspecified atom stereocenters. The summed E-state index contributed by atoms with van der Waals surface area (Å²) in [5, 5.41) is 8.45. The molecular weight excluding hydrogens is 294 g/mol. The molecular formula is C16H14F2O4. The summed E-state index contributed by atoms with van der Waals surface area (Å²) in [6, 6.07) is 9.90. The highest BCUT2D eigenvalue weighted by atomic mass is 19.1. The van der Waals surface area contributed by atoms with Gasteiger partial charge in [0.15, 0.2) is 0 Å². The average molecular weight is 308 g/mol. The fraction of sp³-hybridized carbons (Fsp3) is 0.188. The Morgan fingerprint density at radius 1 is 1.05 bits per heavy atom. The van der Waals surface area contributed by atoms with Crippen molar-refractivity contribution in [3.63, 3.8) is 0 Å². The number of aliphatic carboxylic acids is 1. The van der Waals surface area contributed by atoms with E-state index in [1.165, 1.54) is 0 Å². The largest absolute Gasteiger partial charge is 0.489 e. The number of benzene rings is 2. The monoisotopic (exact) mass is 308 g/mol. The molecule has 6 heteroatoms. The third-order valence-corrected chi connectivity index (χ3v) is 2.82. The molecule has 2 aromatic rings. The molecule has 0 saturated carbocycles. The lowest BCUT2D eigenvalue weighted by Crippen LogP contribution is -2.06. The van der Waals surface area contributed by atoms with Gasteiger partial charge in [0.1, 0.15) is 30.6 Å². The van der Waals surface area contributed by atoms with Crippen molar-refractivity contribution >= 4 is 5.97 Å². The molecule has 2 aromatic carbocycles. The highest BCUT2D eigenvalue weighted by molar-refractivity contribution is 5.67. The van der Waals surface area contributed by atoms with Gasteiger partial charge in [-0.05, 0) is 35.9 Å². The maximum atomic E-state index is 13.4. The maximum absolute atomic E-state index is 13.4. The van der Waals surface area contributed by atoms with Crippen LogP contribution in [-0.2, 0) is 22.7 Å². The summed E-state index contributed by atoms with van der Waals surface area (Å²) in [5.41, 5.74) is 0.916. The van der Waals surface area contributed by atoms with Crippen molar-refractivity contribution in [2.75, 3.05) is 6.61 Å². The minimum atomic E-state index is -1.03. The molecule has 22 heavy (non-hydrogen) atoms. The predicted octanol–water partition coefficient (Wildman–Crippen LogP) is 3.15. The van der Waals surface area contributed by atoms with E-state index in [1.54, 1.807) is 24.3 Å². The summed E-state index contributed by atoms with van der Waals surface area (Å²) >= 11 is 0. The maximum Gasteiger partial charge on any atom is 0.329 e. The Labute approximate surface area is 125 Å². The lowest BCUT2D eigenvalue weighted by Gasteiger charge is -2.08. The van der Waals surface area contributed by atoms with E-state index in [-0.39, 0.29) is 25.4 Å². The van der Waals surface area contributed by atoms with E-state index >= 15 is 0 Å². The molecule has 116 valence electrons. The molecule has 0 aliphatic carbocycles. The Morgan fingerprint density at radius 3 is 2.45 bits per heavy atom. The minimum Gasteiger partial charge on any atom is -0.489 e. The molecule has 0 amide bonds. The van der Waals surface area contributed by atoms with Crippen molar-refractivity contribution in [3.8, 4) is 5.75 Å². The molecule has 0 saturated heterocycles. The number of ether oxygens (including phenoxy) is 2. The number of rotatable bonds is 7. The van der Waals surface area contributed by atoms with Crippen molar-refractivity contribution in [2.24, 2.45) is 0 Å². The fourth-order valence-electron chi connectivity index (χ4n) is 1.75. The van der Waals surface area contributed by atoms with Gasteiger partial charge >= 0.3 is 5.97 Å². The third kappa shape index (κ3) is 4.82. The van der Waals surface area contributed by atoms with E-state index in [0.717, 1.165) is 23.8 Å². The number of hydrogen-bond acceptors (Lipinski definition) is 3. The van der Waals surface area contributed by atoms with Crippen LogP contribution in [0.25, 0.3) is 0 Å². The van der Waals surface area contributed by atoms with Crippen LogP contribution in [0.1, 0.15) is 11.1 Å². The van der Waals surface area contributed by atoms with Crippen LogP contribution in [-0.4, -0.2) is 17.7 Å². The van der Waals surface area contributed by atoms with Gasteiger partial charge in [-0.3, -0.25) is 0 Å². The first-order valence-corrected chi connectivity index (χ1v) is 6.50. The second-order valence-corrected chi connectivity index (χ2v) is 4.55. The molecule has 0 aliphatic rings. The van der Waals surface area contributed by atoms with Crippen LogP contribution in [0.4, 0.5) is 8.78 Å². The first-order chi connectivity index (χ1) is 10.5. The molecule has 1 N–H and O–H groups in total. The Kier molecular flexibility index (Phi) is 5.43. The van der Waals surface area contributed by atoms with Gasteiger partial charge in [0.2, 0.25) is 0 Å². The molecule has 0 heterocycles. The Bertz CT molecular complexity index is 641. The summed E-state index contributed by atoms with van der Waals surface area (Å²) < 4.78 is 36.8. The van der Waals surface area contributed by atoms with Gasteiger partial charge in [-0.2, -0.15) is 0 Å². The lowest BCUT2D eigenvalue weighted by atomic mass is 10.2. The van der Waals surface area contributed by atoms with Crippen LogP contribution in [0.5, 0.6) is 5.75 Å². The van der Waals surface area contributed by atoms with E-state index in [9.17, 15) is 13.6 Å². The van der Waals surface area contributed by atoms with Gasteiger partial charge in [-0.15, -0.1) is 0 Å². The number of halogens is 2. The van der Waals surface area contributed by atoms with Crippen LogP contribution in [0, 0.1) is 11.6 Å². The Hall–Kier alpha value is -2.47. The SMILES string of the molecule is O=C(O)COCc1ccc(OCc2cc(F)ccc2F)cc1. The van der Waals surface area contributed by atoms with Crippen LogP contribution in [0.3, 0.4) is 0 Å². The zero-order valence-corrected chi connectivity index (χ0v) is 11.6. The smallest absolute Gasteiger partial charge is 0.329 e. The number of carboxylic acids is 1. The van der Waals surface area contributed by atoms with Gasteiger partial charge in [0.05, 0.1) is 6.61 Å².